The van der Waals surface area contributed by atoms with E-state index in [2.05, 4.69) is 54.9 Å². The van der Waals surface area contributed by atoms with Gasteiger partial charge in [-0.1, -0.05) is 13.0 Å². The third-order valence-corrected chi connectivity index (χ3v) is 4.11. The molecule has 1 fully saturated rings. The normalized spacial score (nSPS) is 16.9. The van der Waals surface area contributed by atoms with E-state index in [0.29, 0.717) is 6.04 Å². The minimum atomic E-state index is 0.648. The van der Waals surface area contributed by atoms with Crippen molar-refractivity contribution in [2.75, 3.05) is 37.6 Å². The van der Waals surface area contributed by atoms with Gasteiger partial charge < -0.3 is 10.2 Å². The number of aromatic nitrogens is 1. The molecule has 2 heterocycles. The van der Waals surface area contributed by atoms with Crippen LogP contribution in [-0.2, 0) is 6.54 Å². The summed E-state index contributed by atoms with van der Waals surface area (Å²) in [4.78, 5) is 9.72. The Labute approximate surface area is 123 Å². The Morgan fingerprint density at radius 1 is 1.20 bits per heavy atom. The Hall–Kier alpha value is -1.13. The summed E-state index contributed by atoms with van der Waals surface area (Å²) in [5.74, 6) is 1.13. The van der Waals surface area contributed by atoms with E-state index in [1.807, 2.05) is 0 Å². The number of pyridine rings is 1. The van der Waals surface area contributed by atoms with E-state index in [1.165, 1.54) is 5.56 Å². The number of aryl methyl sites for hydroxylation is 1. The van der Waals surface area contributed by atoms with Crippen LogP contribution in [0.1, 0.15) is 32.0 Å². The van der Waals surface area contributed by atoms with Crippen molar-refractivity contribution in [2.24, 2.45) is 0 Å². The molecular formula is C16H28N4. The van der Waals surface area contributed by atoms with Crippen LogP contribution in [-0.4, -0.2) is 48.6 Å². The summed E-state index contributed by atoms with van der Waals surface area (Å²) < 4.78 is 0. The van der Waals surface area contributed by atoms with E-state index < -0.39 is 0 Å². The van der Waals surface area contributed by atoms with Crippen molar-refractivity contribution in [3.63, 3.8) is 0 Å². The lowest BCUT2D eigenvalue weighted by atomic mass is 10.2. The highest BCUT2D eigenvalue weighted by molar-refractivity contribution is 5.42. The van der Waals surface area contributed by atoms with Gasteiger partial charge in [-0.2, -0.15) is 0 Å². The van der Waals surface area contributed by atoms with Crippen molar-refractivity contribution in [3.8, 4) is 0 Å². The van der Waals surface area contributed by atoms with Gasteiger partial charge in [0.15, 0.2) is 0 Å². The summed E-state index contributed by atoms with van der Waals surface area (Å²) in [5, 5.41) is 3.36. The first-order valence-corrected chi connectivity index (χ1v) is 7.78. The highest BCUT2D eigenvalue weighted by Gasteiger charge is 2.19. The van der Waals surface area contributed by atoms with Crippen molar-refractivity contribution in [3.05, 3.63) is 23.4 Å². The third-order valence-electron chi connectivity index (χ3n) is 4.11. The van der Waals surface area contributed by atoms with Gasteiger partial charge in [-0.05, 0) is 38.9 Å². The van der Waals surface area contributed by atoms with E-state index in [0.717, 1.165) is 50.8 Å². The lowest BCUT2D eigenvalue weighted by Gasteiger charge is -2.37. The van der Waals surface area contributed by atoms with E-state index in [-0.39, 0.29) is 0 Å². The SMILES string of the molecule is CCNCc1ccc(N2CCN(C(C)C)CC2)nc1C. The molecule has 4 nitrogen and oxygen atoms in total. The maximum Gasteiger partial charge on any atom is 0.128 e. The molecule has 1 aliphatic rings. The molecule has 1 saturated heterocycles. The predicted octanol–water partition coefficient (Wildman–Crippen LogP) is 2.03. The van der Waals surface area contributed by atoms with Crippen LogP contribution in [0.3, 0.4) is 0 Å². The number of hydrogen-bond acceptors (Lipinski definition) is 4. The summed E-state index contributed by atoms with van der Waals surface area (Å²) in [5.41, 5.74) is 2.45. The quantitative estimate of drug-likeness (QED) is 0.891. The first kappa shape index (κ1) is 15.3. The summed E-state index contributed by atoms with van der Waals surface area (Å²) in [6.07, 6.45) is 0. The molecule has 0 aliphatic carbocycles. The lowest BCUT2D eigenvalue weighted by Crippen LogP contribution is -2.49. The number of nitrogens with zero attached hydrogens (tertiary/aromatic N) is 3. The van der Waals surface area contributed by atoms with Crippen LogP contribution >= 0.6 is 0 Å². The Kier molecular flexibility index (Phi) is 5.38. The fraction of sp³-hybridized carbons (Fsp3) is 0.688. The van der Waals surface area contributed by atoms with Gasteiger partial charge in [0.2, 0.25) is 0 Å². The zero-order chi connectivity index (χ0) is 14.5. The van der Waals surface area contributed by atoms with Crippen molar-refractivity contribution in [1.29, 1.82) is 0 Å². The van der Waals surface area contributed by atoms with E-state index in [4.69, 9.17) is 4.98 Å². The summed E-state index contributed by atoms with van der Waals surface area (Å²) >= 11 is 0. The standard InChI is InChI=1S/C16H28N4/c1-5-17-12-15-6-7-16(18-14(15)4)20-10-8-19(9-11-20)13(2)3/h6-7,13,17H,5,8-12H2,1-4H3. The average Bonchev–Trinajstić information content (AvgIpc) is 2.46. The zero-order valence-corrected chi connectivity index (χ0v) is 13.3. The maximum absolute atomic E-state index is 4.79. The van der Waals surface area contributed by atoms with Crippen molar-refractivity contribution in [1.82, 2.24) is 15.2 Å². The summed E-state index contributed by atoms with van der Waals surface area (Å²) in [7, 11) is 0. The van der Waals surface area contributed by atoms with Crippen molar-refractivity contribution < 1.29 is 0 Å². The maximum atomic E-state index is 4.79. The first-order chi connectivity index (χ1) is 9.61. The molecule has 0 radical (unpaired) electrons. The fourth-order valence-corrected chi connectivity index (χ4v) is 2.67. The number of piperazine rings is 1. The average molecular weight is 276 g/mol. The minimum Gasteiger partial charge on any atom is -0.354 e. The van der Waals surface area contributed by atoms with Crippen LogP contribution in [0.2, 0.25) is 0 Å². The molecule has 0 bridgehead atoms. The minimum absolute atomic E-state index is 0.648. The smallest absolute Gasteiger partial charge is 0.128 e. The van der Waals surface area contributed by atoms with Crippen LogP contribution in [0.5, 0.6) is 0 Å². The third kappa shape index (κ3) is 3.70. The second kappa shape index (κ2) is 7.04. The Balaban J connectivity index is 1.98. The molecule has 1 aliphatic heterocycles. The molecule has 0 atom stereocenters. The second-order valence-corrected chi connectivity index (χ2v) is 5.81. The molecule has 2 rings (SSSR count). The molecule has 0 saturated carbocycles. The molecule has 1 aromatic rings. The number of rotatable bonds is 5. The molecule has 20 heavy (non-hydrogen) atoms. The molecule has 1 aromatic heterocycles. The molecule has 0 amide bonds. The largest absolute Gasteiger partial charge is 0.354 e. The molecule has 1 N–H and O–H groups in total. The van der Waals surface area contributed by atoms with Gasteiger partial charge in [0.25, 0.3) is 0 Å². The van der Waals surface area contributed by atoms with Crippen molar-refractivity contribution in [2.45, 2.75) is 40.3 Å². The van der Waals surface area contributed by atoms with Gasteiger partial charge in [-0.15, -0.1) is 0 Å². The highest BCUT2D eigenvalue weighted by atomic mass is 15.3. The Morgan fingerprint density at radius 3 is 2.45 bits per heavy atom. The molecule has 0 unspecified atom stereocenters. The second-order valence-electron chi connectivity index (χ2n) is 5.81. The molecule has 4 heteroatoms. The van der Waals surface area contributed by atoms with E-state index >= 15 is 0 Å². The number of hydrogen-bond donors (Lipinski definition) is 1. The van der Waals surface area contributed by atoms with Gasteiger partial charge in [0.05, 0.1) is 0 Å². The molecular weight excluding hydrogens is 248 g/mol. The van der Waals surface area contributed by atoms with E-state index in [1.54, 1.807) is 0 Å². The zero-order valence-electron chi connectivity index (χ0n) is 13.3. The number of anilines is 1. The van der Waals surface area contributed by atoms with Crippen molar-refractivity contribution >= 4 is 5.82 Å². The van der Waals surface area contributed by atoms with Crippen LogP contribution < -0.4 is 10.2 Å². The van der Waals surface area contributed by atoms with Gasteiger partial charge in [0, 0.05) is 44.5 Å². The van der Waals surface area contributed by atoms with Crippen LogP contribution in [0.4, 0.5) is 5.82 Å². The Bertz CT molecular complexity index is 422. The molecule has 0 aromatic carbocycles. The highest BCUT2D eigenvalue weighted by Crippen LogP contribution is 2.17. The van der Waals surface area contributed by atoms with Crippen LogP contribution in [0.15, 0.2) is 12.1 Å². The Morgan fingerprint density at radius 2 is 1.90 bits per heavy atom. The first-order valence-electron chi connectivity index (χ1n) is 7.78. The summed E-state index contributed by atoms with van der Waals surface area (Å²) in [6.45, 7) is 15.1. The van der Waals surface area contributed by atoms with Gasteiger partial charge in [-0.3, -0.25) is 4.90 Å². The van der Waals surface area contributed by atoms with Gasteiger partial charge >= 0.3 is 0 Å². The van der Waals surface area contributed by atoms with Gasteiger partial charge in [-0.25, -0.2) is 4.98 Å². The monoisotopic (exact) mass is 276 g/mol. The number of nitrogens with one attached hydrogen (secondary N) is 1. The van der Waals surface area contributed by atoms with E-state index in [9.17, 15) is 0 Å². The lowest BCUT2D eigenvalue weighted by molar-refractivity contribution is 0.209. The summed E-state index contributed by atoms with van der Waals surface area (Å²) in [6, 6.07) is 5.04. The topological polar surface area (TPSA) is 31.4 Å². The molecule has 112 valence electrons. The van der Waals surface area contributed by atoms with Crippen LogP contribution in [0.25, 0.3) is 0 Å². The fourth-order valence-electron chi connectivity index (χ4n) is 2.67. The van der Waals surface area contributed by atoms with Gasteiger partial charge in [0.1, 0.15) is 5.82 Å². The predicted molar refractivity (Wildman–Crippen MR) is 85.3 cm³/mol. The van der Waals surface area contributed by atoms with Crippen LogP contribution in [0, 0.1) is 6.92 Å². The molecule has 0 spiro atoms.